The molecule has 0 bridgehead atoms. The minimum Gasteiger partial charge on any atom is -0.315 e. The number of aromatic nitrogens is 1. The van der Waals surface area contributed by atoms with Gasteiger partial charge in [0.25, 0.3) is 0 Å². The summed E-state index contributed by atoms with van der Waals surface area (Å²) < 4.78 is 0. The van der Waals surface area contributed by atoms with Crippen molar-refractivity contribution in [3.8, 4) is 0 Å². The predicted molar refractivity (Wildman–Crippen MR) is 72.9 cm³/mol. The summed E-state index contributed by atoms with van der Waals surface area (Å²) >= 11 is 0. The summed E-state index contributed by atoms with van der Waals surface area (Å²) in [5, 5.41) is 3.40. The van der Waals surface area contributed by atoms with Crippen LogP contribution in [0, 0.1) is 5.41 Å². The molecule has 0 radical (unpaired) electrons. The lowest BCUT2D eigenvalue weighted by Gasteiger charge is -2.33. The number of nitrogens with one attached hydrogen (secondary N) is 1. The first-order chi connectivity index (χ1) is 7.93. The first-order valence-corrected chi connectivity index (χ1v) is 6.18. The van der Waals surface area contributed by atoms with Gasteiger partial charge in [-0.2, -0.15) is 0 Å². The predicted octanol–water partition coefficient (Wildman–Crippen LogP) is 2.15. The molecule has 0 fully saturated rings. The fraction of sp³-hybridized carbons (Fsp3) is 0.643. The molecule has 0 aromatic carbocycles. The summed E-state index contributed by atoms with van der Waals surface area (Å²) in [5.74, 6) is 0. The Morgan fingerprint density at radius 3 is 2.59 bits per heavy atom. The molecule has 1 unspecified atom stereocenters. The van der Waals surface area contributed by atoms with Crippen LogP contribution >= 0.6 is 0 Å². The summed E-state index contributed by atoms with van der Waals surface area (Å²) in [6, 6.07) is 4.60. The Morgan fingerprint density at radius 2 is 2.12 bits per heavy atom. The highest BCUT2D eigenvalue weighted by Crippen LogP contribution is 2.19. The molecule has 1 heterocycles. The van der Waals surface area contributed by atoms with Gasteiger partial charge in [-0.05, 0) is 31.1 Å². The quantitative estimate of drug-likeness (QED) is 0.847. The van der Waals surface area contributed by atoms with Crippen molar-refractivity contribution in [2.24, 2.45) is 5.41 Å². The van der Waals surface area contributed by atoms with E-state index in [0.29, 0.717) is 6.04 Å². The van der Waals surface area contributed by atoms with E-state index in [4.69, 9.17) is 0 Å². The standard InChI is InChI=1S/C14H25N3/c1-14(2,3)13(15-4)11-17(5)10-12-7-6-8-16-9-12/h6-9,13,15H,10-11H2,1-5H3. The summed E-state index contributed by atoms with van der Waals surface area (Å²) in [4.78, 5) is 6.48. The minimum atomic E-state index is 0.276. The molecule has 0 amide bonds. The topological polar surface area (TPSA) is 28.2 Å². The van der Waals surface area contributed by atoms with Gasteiger partial charge in [0.15, 0.2) is 0 Å². The van der Waals surface area contributed by atoms with Gasteiger partial charge in [-0.1, -0.05) is 26.8 Å². The van der Waals surface area contributed by atoms with Crippen LogP contribution in [-0.4, -0.2) is 36.6 Å². The maximum Gasteiger partial charge on any atom is 0.0312 e. The van der Waals surface area contributed by atoms with Crippen molar-refractivity contribution in [3.05, 3.63) is 30.1 Å². The number of nitrogens with zero attached hydrogens (tertiary/aromatic N) is 2. The molecule has 17 heavy (non-hydrogen) atoms. The van der Waals surface area contributed by atoms with Crippen LogP contribution in [0.2, 0.25) is 0 Å². The molecule has 0 saturated heterocycles. The normalized spacial score (nSPS) is 14.0. The monoisotopic (exact) mass is 235 g/mol. The second-order valence-electron chi connectivity index (χ2n) is 5.77. The molecule has 1 aromatic heterocycles. The third-order valence-corrected chi connectivity index (χ3v) is 3.06. The van der Waals surface area contributed by atoms with E-state index < -0.39 is 0 Å². The molecule has 0 aliphatic heterocycles. The molecular formula is C14H25N3. The summed E-state index contributed by atoms with van der Waals surface area (Å²) in [5.41, 5.74) is 1.54. The number of likely N-dealkylation sites (N-methyl/N-ethyl adjacent to an activating group) is 2. The molecule has 3 heteroatoms. The Kier molecular flexibility index (Phi) is 5.09. The highest BCUT2D eigenvalue weighted by atomic mass is 15.1. The van der Waals surface area contributed by atoms with Gasteiger partial charge in [0.05, 0.1) is 0 Å². The molecule has 1 N–H and O–H groups in total. The minimum absolute atomic E-state index is 0.276. The van der Waals surface area contributed by atoms with Crippen molar-refractivity contribution in [1.29, 1.82) is 0 Å². The van der Waals surface area contributed by atoms with Gasteiger partial charge >= 0.3 is 0 Å². The maximum absolute atomic E-state index is 4.14. The molecule has 1 aromatic rings. The molecule has 96 valence electrons. The highest BCUT2D eigenvalue weighted by molar-refractivity contribution is 5.08. The zero-order chi connectivity index (χ0) is 12.9. The van der Waals surface area contributed by atoms with Crippen LogP contribution in [0.1, 0.15) is 26.3 Å². The molecule has 0 saturated carbocycles. The molecule has 0 aliphatic rings. The first-order valence-electron chi connectivity index (χ1n) is 6.18. The average molecular weight is 235 g/mol. The van der Waals surface area contributed by atoms with E-state index in [0.717, 1.165) is 13.1 Å². The Labute approximate surface area is 105 Å². The number of pyridine rings is 1. The summed E-state index contributed by atoms with van der Waals surface area (Å²) in [7, 11) is 4.19. The SMILES string of the molecule is CNC(CN(C)Cc1cccnc1)C(C)(C)C. The second kappa shape index (κ2) is 6.12. The van der Waals surface area contributed by atoms with E-state index in [1.54, 1.807) is 0 Å². The van der Waals surface area contributed by atoms with E-state index >= 15 is 0 Å². The average Bonchev–Trinajstić information content (AvgIpc) is 2.25. The van der Waals surface area contributed by atoms with Gasteiger partial charge in [0, 0.05) is 31.5 Å². The van der Waals surface area contributed by atoms with Gasteiger partial charge in [-0.15, -0.1) is 0 Å². The van der Waals surface area contributed by atoms with E-state index in [2.05, 4.69) is 49.1 Å². The van der Waals surface area contributed by atoms with Crippen molar-refractivity contribution in [2.75, 3.05) is 20.6 Å². The lowest BCUT2D eigenvalue weighted by molar-refractivity contribution is 0.198. The molecule has 1 atom stereocenters. The zero-order valence-electron chi connectivity index (χ0n) is 11.7. The summed E-state index contributed by atoms with van der Waals surface area (Å²) in [6.07, 6.45) is 3.75. The molecular weight excluding hydrogens is 210 g/mol. The molecule has 0 spiro atoms. The number of rotatable bonds is 5. The highest BCUT2D eigenvalue weighted by Gasteiger charge is 2.23. The zero-order valence-corrected chi connectivity index (χ0v) is 11.7. The van der Waals surface area contributed by atoms with E-state index in [1.165, 1.54) is 5.56 Å². The third kappa shape index (κ3) is 4.84. The van der Waals surface area contributed by atoms with Crippen LogP contribution in [0.3, 0.4) is 0 Å². The fourth-order valence-electron chi connectivity index (χ4n) is 1.98. The van der Waals surface area contributed by atoms with Crippen molar-refractivity contribution >= 4 is 0 Å². The Bertz CT molecular complexity index is 316. The van der Waals surface area contributed by atoms with Crippen LogP contribution in [0.5, 0.6) is 0 Å². The van der Waals surface area contributed by atoms with Gasteiger partial charge in [-0.25, -0.2) is 0 Å². The van der Waals surface area contributed by atoms with Crippen molar-refractivity contribution < 1.29 is 0 Å². The van der Waals surface area contributed by atoms with E-state index in [1.807, 2.05) is 25.5 Å². The largest absolute Gasteiger partial charge is 0.315 e. The van der Waals surface area contributed by atoms with Gasteiger partial charge < -0.3 is 10.2 Å². The van der Waals surface area contributed by atoms with Crippen LogP contribution in [0.15, 0.2) is 24.5 Å². The molecule has 3 nitrogen and oxygen atoms in total. The summed E-state index contributed by atoms with van der Waals surface area (Å²) in [6.45, 7) is 8.79. The van der Waals surface area contributed by atoms with Gasteiger partial charge in [-0.3, -0.25) is 4.98 Å². The van der Waals surface area contributed by atoms with Gasteiger partial charge in [0.2, 0.25) is 0 Å². The van der Waals surface area contributed by atoms with Crippen LogP contribution in [0.4, 0.5) is 0 Å². The number of hydrogen-bond acceptors (Lipinski definition) is 3. The Morgan fingerprint density at radius 1 is 1.41 bits per heavy atom. The second-order valence-corrected chi connectivity index (χ2v) is 5.77. The lowest BCUT2D eigenvalue weighted by Crippen LogP contribution is -2.46. The molecule has 0 aliphatic carbocycles. The van der Waals surface area contributed by atoms with Crippen molar-refractivity contribution in [2.45, 2.75) is 33.4 Å². The number of hydrogen-bond donors (Lipinski definition) is 1. The van der Waals surface area contributed by atoms with Gasteiger partial charge in [0.1, 0.15) is 0 Å². The first kappa shape index (κ1) is 14.1. The Hall–Kier alpha value is -0.930. The fourth-order valence-corrected chi connectivity index (χ4v) is 1.98. The van der Waals surface area contributed by atoms with Crippen LogP contribution in [-0.2, 0) is 6.54 Å². The van der Waals surface area contributed by atoms with E-state index in [-0.39, 0.29) is 5.41 Å². The van der Waals surface area contributed by atoms with E-state index in [9.17, 15) is 0 Å². The smallest absolute Gasteiger partial charge is 0.0312 e. The third-order valence-electron chi connectivity index (χ3n) is 3.06. The maximum atomic E-state index is 4.14. The lowest BCUT2D eigenvalue weighted by atomic mass is 9.86. The van der Waals surface area contributed by atoms with Crippen molar-refractivity contribution in [3.63, 3.8) is 0 Å². The Balaban J connectivity index is 2.51. The van der Waals surface area contributed by atoms with Crippen molar-refractivity contribution in [1.82, 2.24) is 15.2 Å². The van der Waals surface area contributed by atoms with Crippen LogP contribution in [0.25, 0.3) is 0 Å². The van der Waals surface area contributed by atoms with Crippen LogP contribution < -0.4 is 5.32 Å². The molecule has 1 rings (SSSR count).